The van der Waals surface area contributed by atoms with Crippen molar-refractivity contribution in [1.82, 2.24) is 4.90 Å². The third-order valence-electron chi connectivity index (χ3n) is 2.64. The summed E-state index contributed by atoms with van der Waals surface area (Å²) in [5, 5.41) is 0. The second-order valence-corrected chi connectivity index (χ2v) is 3.98. The maximum atomic E-state index is 11.4. The van der Waals surface area contributed by atoms with E-state index in [-0.39, 0.29) is 5.78 Å². The van der Waals surface area contributed by atoms with Gasteiger partial charge in [-0.1, -0.05) is 19.8 Å². The number of ketones is 1. The summed E-state index contributed by atoms with van der Waals surface area (Å²) >= 11 is 0. The highest BCUT2D eigenvalue weighted by Crippen LogP contribution is 2.08. The first-order valence-electron chi connectivity index (χ1n) is 5.78. The van der Waals surface area contributed by atoms with E-state index in [1.54, 1.807) is 6.08 Å². The molecule has 1 aliphatic rings. The predicted octanol–water partition coefficient (Wildman–Crippen LogP) is 2.75. The maximum Gasteiger partial charge on any atom is 0.157 e. The Hall–Kier alpha value is -0.790. The number of carbonyl (C=O) groups is 1. The maximum absolute atomic E-state index is 11.4. The van der Waals surface area contributed by atoms with Crippen molar-refractivity contribution < 1.29 is 4.79 Å². The number of nitrogens with zero attached hydrogens (tertiary/aromatic N) is 1. The average Bonchev–Trinajstić information content (AvgIpc) is 2.68. The summed E-state index contributed by atoms with van der Waals surface area (Å²) in [7, 11) is 0. The summed E-state index contributed by atoms with van der Waals surface area (Å²) in [6.07, 6.45) is 10.4. The van der Waals surface area contributed by atoms with E-state index in [0.29, 0.717) is 0 Å². The molecule has 1 heterocycles. The molecule has 0 spiro atoms. The highest BCUT2D eigenvalue weighted by Gasteiger charge is 2.06. The Labute approximate surface area is 87.0 Å². The van der Waals surface area contributed by atoms with E-state index < -0.39 is 0 Å². The van der Waals surface area contributed by atoms with Crippen molar-refractivity contribution in [2.45, 2.75) is 45.4 Å². The van der Waals surface area contributed by atoms with Gasteiger partial charge in [0.2, 0.25) is 0 Å². The number of likely N-dealkylation sites (tertiary alicyclic amines) is 1. The van der Waals surface area contributed by atoms with Gasteiger partial charge in [-0.15, -0.1) is 0 Å². The Kier molecular flexibility index (Phi) is 5.35. The van der Waals surface area contributed by atoms with Gasteiger partial charge >= 0.3 is 0 Å². The van der Waals surface area contributed by atoms with Crippen LogP contribution < -0.4 is 0 Å². The normalized spacial score (nSPS) is 16.8. The summed E-state index contributed by atoms with van der Waals surface area (Å²) in [6.45, 7) is 4.40. The van der Waals surface area contributed by atoms with Gasteiger partial charge in [0.25, 0.3) is 0 Å². The third kappa shape index (κ3) is 4.45. The van der Waals surface area contributed by atoms with Crippen molar-refractivity contribution in [3.05, 3.63) is 12.3 Å². The Balaban J connectivity index is 2.12. The van der Waals surface area contributed by atoms with Crippen LogP contribution in [-0.4, -0.2) is 23.8 Å². The summed E-state index contributed by atoms with van der Waals surface area (Å²) in [5.74, 6) is 0.283. The lowest BCUT2D eigenvalue weighted by atomic mass is 10.1. The van der Waals surface area contributed by atoms with Gasteiger partial charge in [0, 0.05) is 25.7 Å². The van der Waals surface area contributed by atoms with Crippen molar-refractivity contribution in [3.63, 3.8) is 0 Å². The minimum absolute atomic E-state index is 0.283. The summed E-state index contributed by atoms with van der Waals surface area (Å²) in [4.78, 5) is 13.6. The van der Waals surface area contributed by atoms with Crippen LogP contribution in [0.4, 0.5) is 0 Å². The highest BCUT2D eigenvalue weighted by molar-refractivity contribution is 5.89. The molecule has 0 amide bonds. The lowest BCUT2D eigenvalue weighted by Gasteiger charge is -2.09. The monoisotopic (exact) mass is 195 g/mol. The zero-order chi connectivity index (χ0) is 10.2. The molecule has 0 aromatic rings. The molecule has 0 radical (unpaired) electrons. The van der Waals surface area contributed by atoms with Crippen LogP contribution in [0.2, 0.25) is 0 Å². The molecule has 0 saturated carbocycles. The number of allylic oxidation sites excluding steroid dienone is 1. The van der Waals surface area contributed by atoms with Gasteiger partial charge < -0.3 is 4.90 Å². The number of hydrogen-bond acceptors (Lipinski definition) is 2. The molecule has 0 aliphatic carbocycles. The van der Waals surface area contributed by atoms with E-state index in [4.69, 9.17) is 0 Å². The largest absolute Gasteiger partial charge is 0.377 e. The van der Waals surface area contributed by atoms with E-state index in [9.17, 15) is 4.79 Å². The predicted molar refractivity (Wildman–Crippen MR) is 59.1 cm³/mol. The molecule has 0 atom stereocenters. The van der Waals surface area contributed by atoms with E-state index in [2.05, 4.69) is 11.8 Å². The first-order valence-corrected chi connectivity index (χ1v) is 5.78. The average molecular weight is 195 g/mol. The molecule has 0 unspecified atom stereocenters. The van der Waals surface area contributed by atoms with Gasteiger partial charge in [-0.05, 0) is 25.3 Å². The minimum Gasteiger partial charge on any atom is -0.377 e. The Bertz CT molecular complexity index is 192. The molecule has 0 aromatic heterocycles. The molecular weight excluding hydrogens is 174 g/mol. The summed E-state index contributed by atoms with van der Waals surface area (Å²) < 4.78 is 0. The molecule has 0 aromatic carbocycles. The molecule has 14 heavy (non-hydrogen) atoms. The van der Waals surface area contributed by atoms with Crippen LogP contribution in [0.3, 0.4) is 0 Å². The van der Waals surface area contributed by atoms with Crippen molar-refractivity contribution in [3.8, 4) is 0 Å². The van der Waals surface area contributed by atoms with E-state index in [1.165, 1.54) is 25.7 Å². The van der Waals surface area contributed by atoms with Crippen molar-refractivity contribution in [2.24, 2.45) is 0 Å². The number of hydrogen-bond donors (Lipinski definition) is 0. The van der Waals surface area contributed by atoms with Crippen molar-refractivity contribution in [2.75, 3.05) is 13.1 Å². The zero-order valence-corrected chi connectivity index (χ0v) is 9.17. The Morgan fingerprint density at radius 2 is 2.00 bits per heavy atom. The first kappa shape index (κ1) is 11.3. The van der Waals surface area contributed by atoms with Crippen LogP contribution >= 0.6 is 0 Å². The third-order valence-corrected chi connectivity index (χ3v) is 2.64. The second kappa shape index (κ2) is 6.63. The van der Waals surface area contributed by atoms with E-state index in [0.717, 1.165) is 25.9 Å². The molecule has 80 valence electrons. The van der Waals surface area contributed by atoms with Crippen molar-refractivity contribution >= 4 is 5.78 Å². The van der Waals surface area contributed by atoms with Crippen LogP contribution in [-0.2, 0) is 4.79 Å². The molecule has 2 nitrogen and oxygen atoms in total. The Morgan fingerprint density at radius 3 is 2.64 bits per heavy atom. The molecule has 1 fully saturated rings. The highest BCUT2D eigenvalue weighted by atomic mass is 16.1. The van der Waals surface area contributed by atoms with Gasteiger partial charge in [0.05, 0.1) is 0 Å². The number of unbranched alkanes of at least 4 members (excludes halogenated alkanes) is 2. The van der Waals surface area contributed by atoms with Crippen molar-refractivity contribution in [1.29, 1.82) is 0 Å². The molecule has 1 aliphatic heterocycles. The summed E-state index contributed by atoms with van der Waals surface area (Å²) in [6, 6.07) is 0. The smallest absolute Gasteiger partial charge is 0.157 e. The number of rotatable bonds is 6. The quantitative estimate of drug-likeness (QED) is 0.480. The van der Waals surface area contributed by atoms with Crippen LogP contribution in [0.5, 0.6) is 0 Å². The molecule has 0 N–H and O–H groups in total. The van der Waals surface area contributed by atoms with Crippen LogP contribution in [0.15, 0.2) is 12.3 Å². The topological polar surface area (TPSA) is 20.3 Å². The van der Waals surface area contributed by atoms with Gasteiger partial charge in [0.15, 0.2) is 5.78 Å². The van der Waals surface area contributed by atoms with Gasteiger partial charge in [-0.3, -0.25) is 4.79 Å². The minimum atomic E-state index is 0.283. The zero-order valence-electron chi connectivity index (χ0n) is 9.17. The van der Waals surface area contributed by atoms with E-state index in [1.807, 2.05) is 6.20 Å². The lowest BCUT2D eigenvalue weighted by molar-refractivity contribution is -0.114. The van der Waals surface area contributed by atoms with E-state index >= 15 is 0 Å². The molecular formula is C12H21NO. The fourth-order valence-electron chi connectivity index (χ4n) is 1.71. The SMILES string of the molecule is CCCCCC(=O)/C=C/N1CCCC1. The molecule has 1 rings (SSSR count). The van der Waals surface area contributed by atoms with Gasteiger partial charge in [0.1, 0.15) is 0 Å². The van der Waals surface area contributed by atoms with Crippen LogP contribution in [0, 0.1) is 0 Å². The lowest BCUT2D eigenvalue weighted by Crippen LogP contribution is -2.11. The fourth-order valence-corrected chi connectivity index (χ4v) is 1.71. The molecule has 2 heteroatoms. The van der Waals surface area contributed by atoms with Crippen LogP contribution in [0.1, 0.15) is 45.4 Å². The fraction of sp³-hybridized carbons (Fsp3) is 0.750. The first-order chi connectivity index (χ1) is 6.83. The van der Waals surface area contributed by atoms with Crippen LogP contribution in [0.25, 0.3) is 0 Å². The number of carbonyl (C=O) groups excluding carboxylic acids is 1. The second-order valence-electron chi connectivity index (χ2n) is 3.98. The standard InChI is InChI=1S/C12H21NO/c1-2-3-4-7-12(14)8-11-13-9-5-6-10-13/h8,11H,2-7,9-10H2,1H3/b11-8+. The molecule has 0 bridgehead atoms. The van der Waals surface area contributed by atoms with Gasteiger partial charge in [-0.25, -0.2) is 0 Å². The summed E-state index contributed by atoms with van der Waals surface area (Å²) in [5.41, 5.74) is 0. The Morgan fingerprint density at radius 1 is 1.29 bits per heavy atom. The molecule has 1 saturated heterocycles. The van der Waals surface area contributed by atoms with Gasteiger partial charge in [-0.2, -0.15) is 0 Å².